The second-order valence-corrected chi connectivity index (χ2v) is 3.47. The van der Waals surface area contributed by atoms with E-state index in [1.165, 1.54) is 0 Å². The van der Waals surface area contributed by atoms with Crippen molar-refractivity contribution in [2.24, 2.45) is 0 Å². The molecule has 0 aliphatic rings. The summed E-state index contributed by atoms with van der Waals surface area (Å²) in [4.78, 5) is 23.7. The molecule has 4 heteroatoms. The van der Waals surface area contributed by atoms with Crippen molar-refractivity contribution in [2.75, 3.05) is 0 Å². The lowest BCUT2D eigenvalue weighted by molar-refractivity contribution is -0.118. The Bertz CT molecular complexity index is 510. The minimum atomic E-state index is -0.184. The van der Waals surface area contributed by atoms with Gasteiger partial charge in [-0.05, 0) is 26.0 Å². The van der Waals surface area contributed by atoms with Gasteiger partial charge in [0, 0.05) is 12.4 Å². The topological polar surface area (TPSA) is 55.7 Å². The summed E-state index contributed by atoms with van der Waals surface area (Å²) in [6.07, 6.45) is 3.22. The van der Waals surface area contributed by atoms with Crippen LogP contribution in [-0.4, -0.2) is 20.7 Å². The van der Waals surface area contributed by atoms with Crippen LogP contribution in [0.2, 0.25) is 0 Å². The molecule has 1 unspecified atom stereocenters. The Morgan fingerprint density at radius 2 is 2.00 bits per heavy atom. The molecule has 0 aliphatic heterocycles. The molecule has 2 aromatic rings. The lowest BCUT2D eigenvalue weighted by Gasteiger charge is -2.06. The number of carbonyl (C=O) groups is 1. The number of rotatable bonds is 2. The van der Waals surface area contributed by atoms with Gasteiger partial charge < -0.3 is 0 Å². The largest absolute Gasteiger partial charge is 0.299 e. The number of ketones is 1. The van der Waals surface area contributed by atoms with Gasteiger partial charge in [0.15, 0.2) is 5.65 Å². The molecule has 0 spiro atoms. The Kier molecular flexibility index (Phi) is 2.41. The molecule has 4 nitrogen and oxygen atoms in total. The fourth-order valence-electron chi connectivity index (χ4n) is 1.32. The van der Waals surface area contributed by atoms with Crippen LogP contribution in [0.3, 0.4) is 0 Å². The molecule has 2 heterocycles. The van der Waals surface area contributed by atoms with Gasteiger partial charge >= 0.3 is 0 Å². The van der Waals surface area contributed by atoms with Crippen LogP contribution in [0, 0.1) is 0 Å². The zero-order valence-electron chi connectivity index (χ0n) is 8.64. The standard InChI is InChI=1S/C11H11N3O/c1-7(8(2)15)9-3-4-10-11(14-9)13-6-5-12-10/h3-7H,1-2H3. The summed E-state index contributed by atoms with van der Waals surface area (Å²) in [5, 5.41) is 0. The maximum atomic E-state index is 11.2. The number of Topliss-reactive ketones (excluding diaryl/α,β-unsaturated/α-hetero) is 1. The van der Waals surface area contributed by atoms with E-state index >= 15 is 0 Å². The minimum absolute atomic E-state index is 0.103. The number of aromatic nitrogens is 3. The first-order chi connectivity index (χ1) is 7.18. The van der Waals surface area contributed by atoms with Crippen molar-refractivity contribution in [3.8, 4) is 0 Å². The average molecular weight is 201 g/mol. The van der Waals surface area contributed by atoms with Crippen molar-refractivity contribution in [3.63, 3.8) is 0 Å². The quantitative estimate of drug-likeness (QED) is 0.742. The molecule has 0 radical (unpaired) electrons. The van der Waals surface area contributed by atoms with Gasteiger partial charge in [0.2, 0.25) is 0 Å². The van der Waals surface area contributed by atoms with E-state index < -0.39 is 0 Å². The molecular formula is C11H11N3O. The fourth-order valence-corrected chi connectivity index (χ4v) is 1.32. The molecule has 1 atom stereocenters. The average Bonchev–Trinajstić information content (AvgIpc) is 2.27. The molecule has 0 saturated heterocycles. The van der Waals surface area contributed by atoms with E-state index in [-0.39, 0.29) is 11.7 Å². The van der Waals surface area contributed by atoms with Gasteiger partial charge in [0.05, 0.1) is 11.6 Å². The summed E-state index contributed by atoms with van der Waals surface area (Å²) < 4.78 is 0. The highest BCUT2D eigenvalue weighted by Gasteiger charge is 2.12. The van der Waals surface area contributed by atoms with Crippen molar-refractivity contribution >= 4 is 16.9 Å². The predicted octanol–water partition coefficient (Wildman–Crippen LogP) is 1.72. The Morgan fingerprint density at radius 1 is 1.27 bits per heavy atom. The Labute approximate surface area is 87.4 Å². The van der Waals surface area contributed by atoms with Crippen molar-refractivity contribution in [3.05, 3.63) is 30.2 Å². The third kappa shape index (κ3) is 1.83. The molecule has 76 valence electrons. The highest BCUT2D eigenvalue weighted by atomic mass is 16.1. The van der Waals surface area contributed by atoms with Gasteiger partial charge in [0.25, 0.3) is 0 Å². The monoisotopic (exact) mass is 201 g/mol. The number of pyridine rings is 1. The zero-order valence-corrected chi connectivity index (χ0v) is 8.64. The summed E-state index contributed by atoms with van der Waals surface area (Å²) in [5.41, 5.74) is 2.08. The highest BCUT2D eigenvalue weighted by molar-refractivity contribution is 5.83. The molecule has 0 amide bonds. The van der Waals surface area contributed by atoms with Gasteiger partial charge in [-0.1, -0.05) is 0 Å². The summed E-state index contributed by atoms with van der Waals surface area (Å²) in [6.45, 7) is 3.40. The molecule has 15 heavy (non-hydrogen) atoms. The van der Waals surface area contributed by atoms with E-state index in [1.54, 1.807) is 19.3 Å². The molecule has 0 N–H and O–H groups in total. The number of fused-ring (bicyclic) bond motifs is 1. The van der Waals surface area contributed by atoms with Gasteiger partial charge in [-0.3, -0.25) is 9.78 Å². The Morgan fingerprint density at radius 3 is 2.73 bits per heavy atom. The number of hydrogen-bond acceptors (Lipinski definition) is 4. The molecule has 0 fully saturated rings. The van der Waals surface area contributed by atoms with Crippen LogP contribution >= 0.6 is 0 Å². The highest BCUT2D eigenvalue weighted by Crippen LogP contribution is 2.15. The van der Waals surface area contributed by atoms with Crippen molar-refractivity contribution < 1.29 is 4.79 Å². The lowest BCUT2D eigenvalue weighted by Crippen LogP contribution is -2.06. The van der Waals surface area contributed by atoms with E-state index in [4.69, 9.17) is 0 Å². The zero-order chi connectivity index (χ0) is 10.8. The Balaban J connectivity index is 2.51. The fraction of sp³-hybridized carbons (Fsp3) is 0.273. The number of nitrogens with zero attached hydrogens (tertiary/aromatic N) is 3. The number of carbonyl (C=O) groups excluding carboxylic acids is 1. The van der Waals surface area contributed by atoms with Crippen molar-refractivity contribution in [2.45, 2.75) is 19.8 Å². The van der Waals surface area contributed by atoms with Gasteiger partial charge in [0.1, 0.15) is 11.3 Å². The van der Waals surface area contributed by atoms with E-state index in [9.17, 15) is 4.79 Å². The number of hydrogen-bond donors (Lipinski definition) is 0. The summed E-state index contributed by atoms with van der Waals surface area (Å²) in [6, 6.07) is 3.66. The predicted molar refractivity (Wildman–Crippen MR) is 56.4 cm³/mol. The van der Waals surface area contributed by atoms with E-state index in [2.05, 4.69) is 15.0 Å². The summed E-state index contributed by atoms with van der Waals surface area (Å²) in [7, 11) is 0. The summed E-state index contributed by atoms with van der Waals surface area (Å²) in [5.74, 6) is -0.0813. The van der Waals surface area contributed by atoms with Crippen LogP contribution in [0.25, 0.3) is 11.2 Å². The SMILES string of the molecule is CC(=O)C(C)c1ccc2nccnc2n1. The minimum Gasteiger partial charge on any atom is -0.299 e. The Hall–Kier alpha value is -1.84. The van der Waals surface area contributed by atoms with Crippen LogP contribution in [0.15, 0.2) is 24.5 Å². The molecular weight excluding hydrogens is 190 g/mol. The third-order valence-electron chi connectivity index (χ3n) is 2.41. The van der Waals surface area contributed by atoms with Gasteiger partial charge in [-0.2, -0.15) is 0 Å². The van der Waals surface area contributed by atoms with Crippen molar-refractivity contribution in [1.29, 1.82) is 0 Å². The molecule has 0 aliphatic carbocycles. The van der Waals surface area contributed by atoms with Crippen molar-refractivity contribution in [1.82, 2.24) is 15.0 Å². The molecule has 0 aromatic carbocycles. The first-order valence-corrected chi connectivity index (χ1v) is 4.76. The van der Waals surface area contributed by atoms with Crippen LogP contribution in [0.1, 0.15) is 25.5 Å². The van der Waals surface area contributed by atoms with Gasteiger partial charge in [-0.25, -0.2) is 9.97 Å². The van der Waals surface area contributed by atoms with E-state index in [0.29, 0.717) is 5.65 Å². The molecule has 0 bridgehead atoms. The maximum Gasteiger partial charge on any atom is 0.178 e. The molecule has 0 saturated carbocycles. The van der Waals surface area contributed by atoms with Crippen LogP contribution in [-0.2, 0) is 4.79 Å². The smallest absolute Gasteiger partial charge is 0.178 e. The van der Waals surface area contributed by atoms with Crippen LogP contribution < -0.4 is 0 Å². The second-order valence-electron chi connectivity index (χ2n) is 3.47. The summed E-state index contributed by atoms with van der Waals surface area (Å²) >= 11 is 0. The van der Waals surface area contributed by atoms with E-state index in [1.807, 2.05) is 19.1 Å². The maximum absolute atomic E-state index is 11.2. The third-order valence-corrected chi connectivity index (χ3v) is 2.41. The normalized spacial score (nSPS) is 12.7. The first-order valence-electron chi connectivity index (χ1n) is 4.76. The first kappa shape index (κ1) is 9.71. The molecule has 2 aromatic heterocycles. The van der Waals surface area contributed by atoms with Crippen LogP contribution in [0.4, 0.5) is 0 Å². The second kappa shape index (κ2) is 3.73. The van der Waals surface area contributed by atoms with E-state index in [0.717, 1.165) is 11.2 Å². The lowest BCUT2D eigenvalue weighted by atomic mass is 10.0. The molecule has 2 rings (SSSR count). The van der Waals surface area contributed by atoms with Crippen LogP contribution in [0.5, 0.6) is 0 Å². The van der Waals surface area contributed by atoms with Gasteiger partial charge in [-0.15, -0.1) is 0 Å².